The maximum absolute atomic E-state index is 13.6. The first-order valence-corrected chi connectivity index (χ1v) is 7.47. The van der Waals surface area contributed by atoms with Gasteiger partial charge in [0.25, 0.3) is 0 Å². The van der Waals surface area contributed by atoms with Crippen molar-refractivity contribution in [3.8, 4) is 0 Å². The molecule has 1 aromatic carbocycles. The molecule has 2 heterocycles. The topological polar surface area (TPSA) is 29.0 Å². The van der Waals surface area contributed by atoms with Crippen molar-refractivity contribution in [2.45, 2.75) is 25.4 Å². The summed E-state index contributed by atoms with van der Waals surface area (Å²) in [6.07, 6.45) is 5.67. The smallest absolute Gasteiger partial charge is 0.142 e. The molecule has 1 fully saturated rings. The number of rotatable bonds is 3. The summed E-state index contributed by atoms with van der Waals surface area (Å²) in [7, 11) is 0. The fourth-order valence-electron chi connectivity index (χ4n) is 2.75. The number of nitrogens with zero attached hydrogens (tertiary/aromatic N) is 3. The van der Waals surface area contributed by atoms with Gasteiger partial charge in [0, 0.05) is 22.9 Å². The lowest BCUT2D eigenvalue weighted by atomic mass is 10.0. The number of halogens is 2. The lowest BCUT2D eigenvalue weighted by Crippen LogP contribution is -2.24. The van der Waals surface area contributed by atoms with Crippen LogP contribution in [-0.4, -0.2) is 21.4 Å². The van der Waals surface area contributed by atoms with Crippen LogP contribution in [0.2, 0.25) is 0 Å². The van der Waals surface area contributed by atoms with E-state index in [0.29, 0.717) is 6.54 Å². The molecule has 2 aromatic rings. The quantitative estimate of drug-likeness (QED) is 0.856. The molecule has 104 valence electrons. The van der Waals surface area contributed by atoms with E-state index >= 15 is 0 Å². The van der Waals surface area contributed by atoms with Crippen LogP contribution in [0.4, 0.5) is 4.39 Å². The van der Waals surface area contributed by atoms with Crippen LogP contribution in [0.25, 0.3) is 0 Å². The minimum absolute atomic E-state index is 0.197. The molecule has 0 saturated carbocycles. The first-order chi connectivity index (χ1) is 9.72. The van der Waals surface area contributed by atoms with Gasteiger partial charge in [-0.2, -0.15) is 0 Å². The Bertz CT molecular complexity index is 571. The van der Waals surface area contributed by atoms with E-state index in [-0.39, 0.29) is 11.9 Å². The van der Waals surface area contributed by atoms with Crippen LogP contribution in [0, 0.1) is 5.82 Å². The third-order valence-electron chi connectivity index (χ3n) is 3.60. The lowest BCUT2D eigenvalue weighted by Gasteiger charge is -2.24. The van der Waals surface area contributed by atoms with Crippen LogP contribution in [-0.2, 0) is 6.54 Å². The summed E-state index contributed by atoms with van der Waals surface area (Å²) in [5.41, 5.74) is 1.02. The van der Waals surface area contributed by atoms with Gasteiger partial charge < -0.3 is 0 Å². The second-order valence-corrected chi connectivity index (χ2v) is 5.91. The van der Waals surface area contributed by atoms with Gasteiger partial charge in [-0.1, -0.05) is 15.9 Å². The van der Waals surface area contributed by atoms with E-state index in [2.05, 4.69) is 30.8 Å². The molecule has 1 aliphatic heterocycles. The van der Waals surface area contributed by atoms with E-state index in [0.717, 1.165) is 35.2 Å². The Morgan fingerprint density at radius 1 is 1.25 bits per heavy atom. The molecule has 0 spiro atoms. The van der Waals surface area contributed by atoms with Gasteiger partial charge in [-0.25, -0.2) is 14.4 Å². The predicted molar refractivity (Wildman–Crippen MR) is 78.5 cm³/mol. The third-order valence-corrected chi connectivity index (χ3v) is 4.05. The first kappa shape index (κ1) is 13.6. The van der Waals surface area contributed by atoms with Gasteiger partial charge in [0.2, 0.25) is 0 Å². The molecule has 1 aliphatic rings. The highest BCUT2D eigenvalue weighted by atomic mass is 79.9. The molecular formula is C15H15BrFN3. The molecular weight excluding hydrogens is 321 g/mol. The SMILES string of the molecule is Fc1cc(Br)cc(C2CCCN2Cc2ncccn2)c1. The highest BCUT2D eigenvalue weighted by Crippen LogP contribution is 2.34. The molecule has 3 nitrogen and oxygen atoms in total. The Morgan fingerprint density at radius 2 is 2.05 bits per heavy atom. The first-order valence-electron chi connectivity index (χ1n) is 6.68. The average molecular weight is 336 g/mol. The fraction of sp³-hybridized carbons (Fsp3) is 0.333. The number of hydrogen-bond donors (Lipinski definition) is 0. The summed E-state index contributed by atoms with van der Waals surface area (Å²) < 4.78 is 14.3. The number of likely N-dealkylation sites (tertiary alicyclic amines) is 1. The Labute approximate surface area is 126 Å². The van der Waals surface area contributed by atoms with Gasteiger partial charge in [0.05, 0.1) is 6.54 Å². The highest BCUT2D eigenvalue weighted by molar-refractivity contribution is 9.10. The maximum atomic E-state index is 13.6. The van der Waals surface area contributed by atoms with Crippen LogP contribution in [0.5, 0.6) is 0 Å². The van der Waals surface area contributed by atoms with Crippen molar-refractivity contribution >= 4 is 15.9 Å². The molecule has 20 heavy (non-hydrogen) atoms. The van der Waals surface area contributed by atoms with Gasteiger partial charge in [-0.3, -0.25) is 4.90 Å². The van der Waals surface area contributed by atoms with Crippen LogP contribution in [0.1, 0.15) is 30.3 Å². The molecule has 1 atom stereocenters. The molecule has 1 unspecified atom stereocenters. The minimum atomic E-state index is -0.197. The number of benzene rings is 1. The Hall–Kier alpha value is -1.33. The van der Waals surface area contributed by atoms with Crippen molar-refractivity contribution in [2.75, 3.05) is 6.54 Å². The Kier molecular flexibility index (Phi) is 4.08. The van der Waals surface area contributed by atoms with Crippen LogP contribution < -0.4 is 0 Å². The predicted octanol–water partition coefficient (Wildman–Crippen LogP) is 3.72. The van der Waals surface area contributed by atoms with Crippen LogP contribution >= 0.6 is 15.9 Å². The molecule has 0 N–H and O–H groups in total. The molecule has 0 aliphatic carbocycles. The highest BCUT2D eigenvalue weighted by Gasteiger charge is 2.27. The maximum Gasteiger partial charge on any atom is 0.142 e. The number of aromatic nitrogens is 2. The second kappa shape index (κ2) is 5.97. The van der Waals surface area contributed by atoms with Crippen molar-refractivity contribution in [2.24, 2.45) is 0 Å². The summed E-state index contributed by atoms with van der Waals surface area (Å²) in [6, 6.07) is 7.17. The Balaban J connectivity index is 1.81. The summed E-state index contributed by atoms with van der Waals surface area (Å²) in [6.45, 7) is 1.71. The Morgan fingerprint density at radius 3 is 2.80 bits per heavy atom. The van der Waals surface area contributed by atoms with Gasteiger partial charge >= 0.3 is 0 Å². The molecule has 1 saturated heterocycles. The zero-order chi connectivity index (χ0) is 13.9. The van der Waals surface area contributed by atoms with E-state index in [4.69, 9.17) is 0 Å². The molecule has 0 radical (unpaired) electrons. The monoisotopic (exact) mass is 335 g/mol. The minimum Gasteiger partial charge on any atom is -0.289 e. The van der Waals surface area contributed by atoms with E-state index in [1.54, 1.807) is 18.5 Å². The van der Waals surface area contributed by atoms with Crippen molar-refractivity contribution in [3.63, 3.8) is 0 Å². The second-order valence-electron chi connectivity index (χ2n) is 5.00. The molecule has 1 aromatic heterocycles. The summed E-state index contributed by atoms with van der Waals surface area (Å²) in [4.78, 5) is 10.9. The third kappa shape index (κ3) is 3.04. The van der Waals surface area contributed by atoms with Crippen LogP contribution in [0.15, 0.2) is 41.1 Å². The zero-order valence-corrected chi connectivity index (χ0v) is 12.6. The molecule has 0 amide bonds. The largest absolute Gasteiger partial charge is 0.289 e. The summed E-state index contributed by atoms with van der Waals surface area (Å²) >= 11 is 3.36. The van der Waals surface area contributed by atoms with E-state index < -0.39 is 0 Å². The standard InChI is InChI=1S/C15H15BrFN3/c16-12-7-11(8-13(17)9-12)14-3-1-6-20(14)10-15-18-4-2-5-19-15/h2,4-5,7-9,14H,1,3,6,10H2. The summed E-state index contributed by atoms with van der Waals surface area (Å²) in [5, 5.41) is 0. The van der Waals surface area contributed by atoms with Crippen LogP contribution in [0.3, 0.4) is 0 Å². The van der Waals surface area contributed by atoms with E-state index in [1.165, 1.54) is 6.07 Å². The van der Waals surface area contributed by atoms with Gasteiger partial charge in [-0.05, 0) is 49.2 Å². The van der Waals surface area contributed by atoms with Crippen molar-refractivity contribution in [1.29, 1.82) is 0 Å². The fourth-order valence-corrected chi connectivity index (χ4v) is 3.24. The van der Waals surface area contributed by atoms with Crippen molar-refractivity contribution in [3.05, 3.63) is 58.3 Å². The zero-order valence-electron chi connectivity index (χ0n) is 11.0. The normalized spacial score (nSPS) is 19.4. The average Bonchev–Trinajstić information content (AvgIpc) is 2.87. The van der Waals surface area contributed by atoms with Gasteiger partial charge in [0.1, 0.15) is 11.6 Å². The molecule has 5 heteroatoms. The molecule has 3 rings (SSSR count). The van der Waals surface area contributed by atoms with Crippen molar-refractivity contribution in [1.82, 2.24) is 14.9 Å². The van der Waals surface area contributed by atoms with Gasteiger partial charge in [-0.15, -0.1) is 0 Å². The molecule has 0 bridgehead atoms. The summed E-state index contributed by atoms with van der Waals surface area (Å²) in [5.74, 6) is 0.618. The van der Waals surface area contributed by atoms with E-state index in [1.807, 2.05) is 12.1 Å². The van der Waals surface area contributed by atoms with E-state index in [9.17, 15) is 4.39 Å². The van der Waals surface area contributed by atoms with Crippen molar-refractivity contribution < 1.29 is 4.39 Å². The lowest BCUT2D eigenvalue weighted by molar-refractivity contribution is 0.242. The number of hydrogen-bond acceptors (Lipinski definition) is 3. The van der Waals surface area contributed by atoms with Gasteiger partial charge in [0.15, 0.2) is 0 Å².